The maximum absolute atomic E-state index is 10.3. The minimum Gasteiger partial charge on any atom is -0.484 e. The Bertz CT molecular complexity index is 1130. The topological polar surface area (TPSA) is 63.4 Å². The molecule has 0 saturated carbocycles. The Balaban J connectivity index is 1.47. The van der Waals surface area contributed by atoms with Gasteiger partial charge in [-0.1, -0.05) is 23.2 Å². The van der Waals surface area contributed by atoms with Gasteiger partial charge in [0.1, 0.15) is 23.5 Å². The second-order valence-corrected chi connectivity index (χ2v) is 9.57. The highest BCUT2D eigenvalue weighted by Gasteiger charge is 2.44. The number of aryl methyl sites for hydroxylation is 2. The maximum atomic E-state index is 10.3. The Morgan fingerprint density at radius 2 is 1.75 bits per heavy atom. The number of fused-ring (bicyclic) bond motifs is 1. The van der Waals surface area contributed by atoms with E-state index in [1.165, 1.54) is 0 Å². The van der Waals surface area contributed by atoms with E-state index >= 15 is 0 Å². The highest BCUT2D eigenvalue weighted by atomic mass is 35.5. The molecule has 1 N–H and O–H groups in total. The Kier molecular flexibility index (Phi) is 5.66. The van der Waals surface area contributed by atoms with Crippen LogP contribution < -0.4 is 4.74 Å². The molecule has 0 radical (unpaired) electrons. The summed E-state index contributed by atoms with van der Waals surface area (Å²) in [7, 11) is 0. The lowest BCUT2D eigenvalue weighted by Crippen LogP contribution is -2.44. The van der Waals surface area contributed by atoms with Crippen LogP contribution in [0.5, 0.6) is 5.75 Å². The number of hydrogen-bond donors (Lipinski definition) is 1. The van der Waals surface area contributed by atoms with Crippen molar-refractivity contribution in [3.05, 3.63) is 69.2 Å². The molecule has 0 bridgehead atoms. The summed E-state index contributed by atoms with van der Waals surface area (Å²) in [5, 5.41) is 19.9. The van der Waals surface area contributed by atoms with Crippen LogP contribution in [-0.2, 0) is 6.42 Å². The van der Waals surface area contributed by atoms with Gasteiger partial charge in [0.25, 0.3) is 0 Å². The van der Waals surface area contributed by atoms with Crippen LogP contribution in [0.4, 0.5) is 0 Å². The van der Waals surface area contributed by atoms with Crippen molar-refractivity contribution < 1.29 is 9.84 Å². The largest absolute Gasteiger partial charge is 0.484 e. The van der Waals surface area contributed by atoms with Crippen LogP contribution in [0.3, 0.4) is 0 Å². The average Bonchev–Trinajstić information content (AvgIpc) is 3.39. The van der Waals surface area contributed by atoms with Gasteiger partial charge < -0.3 is 9.84 Å². The lowest BCUT2D eigenvalue weighted by molar-refractivity contribution is 0.0488. The van der Waals surface area contributed by atoms with Gasteiger partial charge in [-0.2, -0.15) is 0 Å². The number of benzene rings is 2. The molecule has 1 aliphatic heterocycles. The molecular weight excluding hydrogens is 447 g/mol. The smallest absolute Gasteiger partial charge is 0.140 e. The zero-order chi connectivity index (χ0) is 22.6. The number of ether oxygens (including phenoxy) is 1. The van der Waals surface area contributed by atoms with Crippen LogP contribution >= 0.6 is 23.2 Å². The fourth-order valence-electron chi connectivity index (χ4n) is 5.13. The molecule has 8 heteroatoms. The molecule has 3 aromatic rings. The van der Waals surface area contributed by atoms with Crippen molar-refractivity contribution in [3.8, 4) is 11.4 Å². The van der Waals surface area contributed by atoms with Gasteiger partial charge in [0.15, 0.2) is 0 Å². The van der Waals surface area contributed by atoms with Crippen molar-refractivity contribution in [1.82, 2.24) is 19.7 Å². The second kappa shape index (κ2) is 8.34. The first-order valence-corrected chi connectivity index (χ1v) is 11.7. The number of hydrogen-bond acceptors (Lipinski definition) is 5. The van der Waals surface area contributed by atoms with Gasteiger partial charge in [-0.15, -0.1) is 10.2 Å². The van der Waals surface area contributed by atoms with Crippen LogP contribution in [0.1, 0.15) is 42.2 Å². The molecule has 32 heavy (non-hydrogen) atoms. The van der Waals surface area contributed by atoms with Gasteiger partial charge in [0, 0.05) is 33.9 Å². The van der Waals surface area contributed by atoms with E-state index in [0.717, 1.165) is 53.6 Å². The van der Waals surface area contributed by atoms with Gasteiger partial charge in [0.05, 0.1) is 12.1 Å². The highest BCUT2D eigenvalue weighted by molar-refractivity contribution is 6.35. The lowest BCUT2D eigenvalue weighted by Gasteiger charge is -2.33. The van der Waals surface area contributed by atoms with Gasteiger partial charge in [-0.3, -0.25) is 9.47 Å². The first-order chi connectivity index (χ1) is 15.3. The van der Waals surface area contributed by atoms with Crippen molar-refractivity contribution in [2.24, 2.45) is 0 Å². The van der Waals surface area contributed by atoms with E-state index in [9.17, 15) is 5.11 Å². The molecule has 0 amide bonds. The number of aromatic nitrogens is 3. The molecule has 1 fully saturated rings. The molecule has 4 atom stereocenters. The van der Waals surface area contributed by atoms with Crippen molar-refractivity contribution in [1.29, 1.82) is 0 Å². The lowest BCUT2D eigenvalue weighted by atomic mass is 10.1. The Morgan fingerprint density at radius 1 is 1.06 bits per heavy atom. The molecule has 1 saturated heterocycles. The van der Waals surface area contributed by atoms with E-state index in [0.29, 0.717) is 10.0 Å². The minimum atomic E-state index is -0.326. The number of nitrogens with zero attached hydrogens (tertiary/aromatic N) is 4. The van der Waals surface area contributed by atoms with Crippen LogP contribution in [0.2, 0.25) is 10.0 Å². The molecule has 5 rings (SSSR count). The summed E-state index contributed by atoms with van der Waals surface area (Å²) in [6, 6.07) is 11.9. The molecular formula is C24H26Cl2N4O2. The van der Waals surface area contributed by atoms with E-state index in [2.05, 4.69) is 22.0 Å². The number of likely N-dealkylation sites (tertiary alicyclic amines) is 1. The van der Waals surface area contributed by atoms with Gasteiger partial charge in [-0.05, 0) is 75.6 Å². The highest BCUT2D eigenvalue weighted by Crippen LogP contribution is 2.44. The molecule has 1 aliphatic carbocycles. The zero-order valence-corrected chi connectivity index (χ0v) is 19.8. The van der Waals surface area contributed by atoms with Gasteiger partial charge >= 0.3 is 0 Å². The molecule has 1 aromatic heterocycles. The fourth-order valence-corrected chi connectivity index (χ4v) is 5.71. The Morgan fingerprint density at radius 3 is 2.38 bits per heavy atom. The van der Waals surface area contributed by atoms with E-state index in [-0.39, 0.29) is 24.3 Å². The monoisotopic (exact) mass is 472 g/mol. The summed E-state index contributed by atoms with van der Waals surface area (Å²) < 4.78 is 8.58. The third kappa shape index (κ3) is 3.69. The summed E-state index contributed by atoms with van der Waals surface area (Å²) in [4.78, 5) is 2.35. The molecule has 2 heterocycles. The maximum Gasteiger partial charge on any atom is 0.140 e. The van der Waals surface area contributed by atoms with Crippen molar-refractivity contribution in [2.75, 3.05) is 6.54 Å². The second-order valence-electron chi connectivity index (χ2n) is 8.72. The van der Waals surface area contributed by atoms with Crippen LogP contribution in [0, 0.1) is 13.8 Å². The normalized spacial score (nSPS) is 25.3. The summed E-state index contributed by atoms with van der Waals surface area (Å²) >= 11 is 12.9. The quantitative estimate of drug-likeness (QED) is 0.596. The van der Waals surface area contributed by atoms with Crippen molar-refractivity contribution >= 4 is 23.2 Å². The zero-order valence-electron chi connectivity index (χ0n) is 18.3. The Labute approximate surface area is 197 Å². The third-order valence-electron chi connectivity index (χ3n) is 6.80. The Hall–Kier alpha value is -2.12. The standard InChI is InChI=1S/C24H26Cl2N4O2/c1-13-23(31)8-9-29(13)22-12-19-20(10-16(25)11-21(19)26)24(22)32-18-6-4-17(5-7-18)30-14(2)27-28-15(30)3/h4-7,10-11,13,22-24,31H,8-9,12H2,1-3H3/t13?,22-,23?,24-/m0/s1. The number of aliphatic hydroxyl groups is 1. The average molecular weight is 473 g/mol. The van der Waals surface area contributed by atoms with Crippen molar-refractivity contribution in [3.63, 3.8) is 0 Å². The van der Waals surface area contributed by atoms with E-state index < -0.39 is 0 Å². The molecule has 6 nitrogen and oxygen atoms in total. The first kappa shape index (κ1) is 21.7. The predicted molar refractivity (Wildman–Crippen MR) is 125 cm³/mol. The van der Waals surface area contributed by atoms with Crippen LogP contribution in [0.15, 0.2) is 36.4 Å². The summed E-state index contributed by atoms with van der Waals surface area (Å²) in [5.74, 6) is 2.45. The number of aliphatic hydroxyl groups excluding tert-OH is 1. The fraction of sp³-hybridized carbons (Fsp3) is 0.417. The number of rotatable bonds is 4. The molecule has 2 aromatic carbocycles. The molecule has 168 valence electrons. The van der Waals surface area contributed by atoms with Gasteiger partial charge in [-0.25, -0.2) is 0 Å². The summed E-state index contributed by atoms with van der Waals surface area (Å²) in [5.41, 5.74) is 3.09. The molecule has 0 spiro atoms. The van der Waals surface area contributed by atoms with E-state index in [4.69, 9.17) is 27.9 Å². The number of halogens is 2. The van der Waals surface area contributed by atoms with E-state index in [1.807, 2.05) is 48.7 Å². The first-order valence-electron chi connectivity index (χ1n) is 10.9. The third-order valence-corrected chi connectivity index (χ3v) is 7.35. The predicted octanol–water partition coefficient (Wildman–Crippen LogP) is 4.69. The van der Waals surface area contributed by atoms with Crippen LogP contribution in [0.25, 0.3) is 5.69 Å². The van der Waals surface area contributed by atoms with E-state index in [1.54, 1.807) is 6.07 Å². The van der Waals surface area contributed by atoms with Crippen molar-refractivity contribution in [2.45, 2.75) is 57.9 Å². The summed E-state index contributed by atoms with van der Waals surface area (Å²) in [6.07, 6.45) is 0.984. The minimum absolute atomic E-state index is 0.0664. The summed E-state index contributed by atoms with van der Waals surface area (Å²) in [6.45, 7) is 6.77. The SMILES string of the molecule is Cc1nnc(C)n1-c1ccc(O[C@H]2c3cc(Cl)cc(Cl)c3C[C@@H]2N2CCC(O)C2C)cc1. The molecule has 2 unspecified atom stereocenters. The molecule has 2 aliphatic rings. The van der Waals surface area contributed by atoms with Crippen LogP contribution in [-0.4, -0.2) is 49.5 Å². The van der Waals surface area contributed by atoms with Gasteiger partial charge in [0.2, 0.25) is 0 Å².